The summed E-state index contributed by atoms with van der Waals surface area (Å²) in [4.78, 5) is 6.82. The molecule has 19 heavy (non-hydrogen) atoms. The van der Waals surface area contributed by atoms with E-state index < -0.39 is 0 Å². The molecule has 108 valence electrons. The largest absolute Gasteiger partial charge is 0.476 e. The number of ether oxygens (including phenoxy) is 1. The molecule has 0 aliphatic heterocycles. The Kier molecular flexibility index (Phi) is 6.46. The molecule has 0 saturated carbocycles. The van der Waals surface area contributed by atoms with Crippen molar-refractivity contribution >= 4 is 11.5 Å². The van der Waals surface area contributed by atoms with Gasteiger partial charge in [0.25, 0.3) is 0 Å². The van der Waals surface area contributed by atoms with Crippen molar-refractivity contribution in [1.29, 1.82) is 0 Å². The van der Waals surface area contributed by atoms with Gasteiger partial charge in [-0.05, 0) is 31.9 Å². The molecule has 0 aliphatic carbocycles. The first kappa shape index (κ1) is 15.6. The Bertz CT molecular complexity index is 378. The molecule has 0 saturated heterocycles. The SMILES string of the molecule is CCOc1nc(N(CC)CC(CC)CC)ccc1N. The van der Waals surface area contributed by atoms with Crippen LogP contribution in [0.25, 0.3) is 0 Å². The molecule has 0 amide bonds. The van der Waals surface area contributed by atoms with Crippen molar-refractivity contribution < 1.29 is 4.74 Å². The Hall–Kier alpha value is -1.45. The smallest absolute Gasteiger partial charge is 0.239 e. The van der Waals surface area contributed by atoms with Crippen molar-refractivity contribution in [3.63, 3.8) is 0 Å². The van der Waals surface area contributed by atoms with Crippen LogP contribution in [0, 0.1) is 5.92 Å². The number of nitrogen functional groups attached to an aromatic ring is 1. The third kappa shape index (κ3) is 4.30. The van der Waals surface area contributed by atoms with E-state index in [2.05, 4.69) is 30.7 Å². The molecule has 0 spiro atoms. The molecular formula is C15H27N3O. The van der Waals surface area contributed by atoms with Crippen LogP contribution in [0.1, 0.15) is 40.5 Å². The monoisotopic (exact) mass is 265 g/mol. The number of aromatic nitrogens is 1. The van der Waals surface area contributed by atoms with Gasteiger partial charge in [0.1, 0.15) is 5.82 Å². The van der Waals surface area contributed by atoms with Crippen LogP contribution in [-0.4, -0.2) is 24.7 Å². The number of hydrogen-bond donors (Lipinski definition) is 1. The van der Waals surface area contributed by atoms with Gasteiger partial charge in [0, 0.05) is 13.1 Å². The summed E-state index contributed by atoms with van der Waals surface area (Å²) >= 11 is 0. The maximum absolute atomic E-state index is 5.86. The molecule has 0 aromatic carbocycles. The average Bonchev–Trinajstić information content (AvgIpc) is 2.43. The van der Waals surface area contributed by atoms with E-state index in [1.165, 1.54) is 12.8 Å². The molecule has 0 bridgehead atoms. The molecule has 0 atom stereocenters. The van der Waals surface area contributed by atoms with Crippen LogP contribution in [0.3, 0.4) is 0 Å². The third-order valence-corrected chi connectivity index (χ3v) is 3.50. The van der Waals surface area contributed by atoms with Crippen LogP contribution >= 0.6 is 0 Å². The number of nitrogens with zero attached hydrogens (tertiary/aromatic N) is 2. The van der Waals surface area contributed by atoms with Gasteiger partial charge in [0.05, 0.1) is 12.3 Å². The van der Waals surface area contributed by atoms with Gasteiger partial charge in [-0.2, -0.15) is 4.98 Å². The van der Waals surface area contributed by atoms with Gasteiger partial charge in [0.15, 0.2) is 0 Å². The van der Waals surface area contributed by atoms with E-state index in [1.54, 1.807) is 0 Å². The summed E-state index contributed by atoms with van der Waals surface area (Å²) < 4.78 is 5.47. The van der Waals surface area contributed by atoms with E-state index in [9.17, 15) is 0 Å². The van der Waals surface area contributed by atoms with E-state index >= 15 is 0 Å². The summed E-state index contributed by atoms with van der Waals surface area (Å²) in [5.41, 5.74) is 6.47. The van der Waals surface area contributed by atoms with Crippen LogP contribution in [0.2, 0.25) is 0 Å². The van der Waals surface area contributed by atoms with Gasteiger partial charge in [-0.15, -0.1) is 0 Å². The van der Waals surface area contributed by atoms with Crippen molar-refractivity contribution in [3.05, 3.63) is 12.1 Å². The van der Waals surface area contributed by atoms with Gasteiger partial charge in [0.2, 0.25) is 5.88 Å². The highest BCUT2D eigenvalue weighted by Crippen LogP contribution is 2.24. The number of rotatable bonds is 8. The zero-order chi connectivity index (χ0) is 14.3. The lowest BCUT2D eigenvalue weighted by atomic mass is 10.0. The minimum absolute atomic E-state index is 0.544. The molecular weight excluding hydrogens is 238 g/mol. The molecule has 0 radical (unpaired) electrons. The second-order valence-corrected chi connectivity index (χ2v) is 4.72. The van der Waals surface area contributed by atoms with Crippen LogP contribution in [-0.2, 0) is 0 Å². The highest BCUT2D eigenvalue weighted by molar-refractivity contribution is 5.54. The second-order valence-electron chi connectivity index (χ2n) is 4.72. The van der Waals surface area contributed by atoms with Gasteiger partial charge in [-0.3, -0.25) is 0 Å². The van der Waals surface area contributed by atoms with Crippen LogP contribution < -0.4 is 15.4 Å². The highest BCUT2D eigenvalue weighted by atomic mass is 16.5. The van der Waals surface area contributed by atoms with Crippen LogP contribution in [0.4, 0.5) is 11.5 Å². The van der Waals surface area contributed by atoms with Crippen LogP contribution in [0.15, 0.2) is 12.1 Å². The molecule has 4 heteroatoms. The Morgan fingerprint density at radius 2 is 1.89 bits per heavy atom. The van der Waals surface area contributed by atoms with Gasteiger partial charge in [-0.25, -0.2) is 0 Å². The fourth-order valence-electron chi connectivity index (χ4n) is 2.11. The summed E-state index contributed by atoms with van der Waals surface area (Å²) in [5, 5.41) is 0. The Morgan fingerprint density at radius 3 is 2.42 bits per heavy atom. The van der Waals surface area contributed by atoms with Crippen molar-refractivity contribution in [2.75, 3.05) is 30.3 Å². The fourth-order valence-corrected chi connectivity index (χ4v) is 2.11. The molecule has 0 unspecified atom stereocenters. The number of hydrogen-bond acceptors (Lipinski definition) is 4. The first-order valence-electron chi connectivity index (χ1n) is 7.30. The zero-order valence-electron chi connectivity index (χ0n) is 12.6. The Morgan fingerprint density at radius 1 is 1.21 bits per heavy atom. The minimum atomic E-state index is 0.544. The summed E-state index contributed by atoms with van der Waals surface area (Å²) in [6.45, 7) is 11.1. The number of nitrogens with two attached hydrogens (primary N) is 1. The molecule has 1 rings (SSSR count). The second kappa shape index (κ2) is 7.87. The van der Waals surface area contributed by atoms with E-state index in [1.807, 2.05) is 19.1 Å². The van der Waals surface area contributed by atoms with Gasteiger partial charge < -0.3 is 15.4 Å². The van der Waals surface area contributed by atoms with Crippen molar-refractivity contribution in [1.82, 2.24) is 4.98 Å². The Balaban J connectivity index is 2.88. The first-order chi connectivity index (χ1) is 9.15. The van der Waals surface area contributed by atoms with Gasteiger partial charge >= 0.3 is 0 Å². The maximum Gasteiger partial charge on any atom is 0.239 e. The predicted molar refractivity (Wildman–Crippen MR) is 81.8 cm³/mol. The third-order valence-electron chi connectivity index (χ3n) is 3.50. The highest BCUT2D eigenvalue weighted by Gasteiger charge is 2.13. The lowest BCUT2D eigenvalue weighted by molar-refractivity contribution is 0.328. The molecule has 4 nitrogen and oxygen atoms in total. The first-order valence-corrected chi connectivity index (χ1v) is 7.30. The lowest BCUT2D eigenvalue weighted by Crippen LogP contribution is -2.29. The fraction of sp³-hybridized carbons (Fsp3) is 0.667. The normalized spacial score (nSPS) is 10.8. The van der Waals surface area contributed by atoms with Gasteiger partial charge in [-0.1, -0.05) is 26.7 Å². The quantitative estimate of drug-likeness (QED) is 0.783. The van der Waals surface area contributed by atoms with Crippen molar-refractivity contribution in [3.8, 4) is 5.88 Å². The van der Waals surface area contributed by atoms with E-state index in [0.29, 0.717) is 24.1 Å². The standard InChI is InChI=1S/C15H27N3O/c1-5-12(6-2)11-18(7-3)14-10-9-13(16)15(17-14)19-8-4/h9-10,12H,5-8,11,16H2,1-4H3. The predicted octanol–water partition coefficient (Wildman–Crippen LogP) is 3.33. The molecule has 1 heterocycles. The van der Waals surface area contributed by atoms with Crippen molar-refractivity contribution in [2.45, 2.75) is 40.5 Å². The molecule has 0 fully saturated rings. The lowest BCUT2D eigenvalue weighted by Gasteiger charge is -2.26. The minimum Gasteiger partial charge on any atom is -0.476 e. The number of anilines is 2. The summed E-state index contributed by atoms with van der Waals surface area (Å²) in [6, 6.07) is 3.85. The Labute approximate surface area is 117 Å². The zero-order valence-corrected chi connectivity index (χ0v) is 12.6. The number of pyridine rings is 1. The summed E-state index contributed by atoms with van der Waals surface area (Å²) in [6.07, 6.45) is 2.39. The summed E-state index contributed by atoms with van der Waals surface area (Å²) in [5.74, 6) is 2.20. The van der Waals surface area contributed by atoms with Crippen LogP contribution in [0.5, 0.6) is 5.88 Å². The topological polar surface area (TPSA) is 51.4 Å². The van der Waals surface area contributed by atoms with E-state index in [4.69, 9.17) is 10.5 Å². The maximum atomic E-state index is 5.86. The van der Waals surface area contributed by atoms with E-state index in [0.717, 1.165) is 18.9 Å². The molecule has 1 aromatic rings. The molecule has 1 aromatic heterocycles. The van der Waals surface area contributed by atoms with Crippen molar-refractivity contribution in [2.24, 2.45) is 5.92 Å². The average molecular weight is 265 g/mol. The molecule has 2 N–H and O–H groups in total. The summed E-state index contributed by atoms with van der Waals surface area (Å²) in [7, 11) is 0. The molecule has 0 aliphatic rings. The van der Waals surface area contributed by atoms with E-state index in [-0.39, 0.29) is 0 Å².